The average molecular weight is 420 g/mol. The molecule has 1 aromatic carbocycles. The average Bonchev–Trinajstić information content (AvgIpc) is 3.28. The third-order valence-corrected chi connectivity index (χ3v) is 7.27. The lowest BCUT2D eigenvalue weighted by Crippen LogP contribution is -2.48. The quantitative estimate of drug-likeness (QED) is 0.683. The Morgan fingerprint density at radius 3 is 2.48 bits per heavy atom. The first kappa shape index (κ1) is 21.4. The lowest BCUT2D eigenvalue weighted by Gasteiger charge is -2.33. The van der Waals surface area contributed by atoms with E-state index >= 15 is 0 Å². The first-order valence-corrected chi connectivity index (χ1v) is 11.9. The van der Waals surface area contributed by atoms with Crippen molar-refractivity contribution in [1.29, 1.82) is 0 Å². The fourth-order valence-corrected chi connectivity index (χ4v) is 5.36. The molecule has 29 heavy (non-hydrogen) atoms. The summed E-state index contributed by atoms with van der Waals surface area (Å²) in [5.41, 5.74) is 2.07. The highest BCUT2D eigenvalue weighted by Crippen LogP contribution is 2.22. The van der Waals surface area contributed by atoms with E-state index in [9.17, 15) is 13.2 Å². The normalized spacial score (nSPS) is 19.4. The second kappa shape index (κ2) is 8.61. The molecule has 2 aromatic rings. The van der Waals surface area contributed by atoms with Crippen molar-refractivity contribution < 1.29 is 13.2 Å². The third-order valence-electron chi connectivity index (χ3n) is 5.52. The van der Waals surface area contributed by atoms with Crippen molar-refractivity contribution in [2.75, 3.05) is 11.5 Å². The van der Waals surface area contributed by atoms with Gasteiger partial charge in [-0.2, -0.15) is 4.80 Å². The predicted octanol–water partition coefficient (Wildman–Crippen LogP) is 2.28. The van der Waals surface area contributed by atoms with E-state index < -0.39 is 9.84 Å². The molecule has 0 aliphatic carbocycles. The van der Waals surface area contributed by atoms with Crippen molar-refractivity contribution in [3.8, 4) is 11.4 Å². The van der Waals surface area contributed by atoms with Crippen molar-refractivity contribution in [2.24, 2.45) is 0 Å². The van der Waals surface area contributed by atoms with Gasteiger partial charge in [0.25, 0.3) is 0 Å². The van der Waals surface area contributed by atoms with Gasteiger partial charge in [0.15, 0.2) is 9.84 Å². The molecule has 0 bridgehead atoms. The highest BCUT2D eigenvalue weighted by Gasteiger charge is 2.36. The minimum atomic E-state index is -3.07. The monoisotopic (exact) mass is 419 g/mol. The molecule has 0 N–H and O–H groups in total. The molecule has 1 aliphatic rings. The number of sulfone groups is 1. The summed E-state index contributed by atoms with van der Waals surface area (Å²) in [4.78, 5) is 16.0. The largest absolute Gasteiger partial charge is 0.334 e. The summed E-state index contributed by atoms with van der Waals surface area (Å²) < 4.78 is 23.8. The summed E-state index contributed by atoms with van der Waals surface area (Å²) >= 11 is 0. The number of carbonyl (C=O) groups excluding carboxylic acids is 1. The molecule has 1 fully saturated rings. The number of hydrogen-bond donors (Lipinski definition) is 0. The SMILES string of the molecule is CC[C@@H](C)N(C(=O)Cn1nnc(-c2ccc(C(C)C)cc2)n1)[C@@H]1CCS(=O)(=O)C1. The van der Waals surface area contributed by atoms with E-state index in [-0.39, 0.29) is 36.0 Å². The van der Waals surface area contributed by atoms with Gasteiger partial charge in [0.1, 0.15) is 6.54 Å². The molecule has 158 valence electrons. The van der Waals surface area contributed by atoms with E-state index in [1.54, 1.807) is 4.90 Å². The Kier molecular flexibility index (Phi) is 6.36. The van der Waals surface area contributed by atoms with Crippen LogP contribution in [0.1, 0.15) is 52.0 Å². The molecule has 3 rings (SSSR count). The van der Waals surface area contributed by atoms with E-state index in [0.29, 0.717) is 18.2 Å². The van der Waals surface area contributed by atoms with Crippen LogP contribution in [-0.2, 0) is 21.2 Å². The van der Waals surface area contributed by atoms with E-state index in [2.05, 4.69) is 29.3 Å². The summed E-state index contributed by atoms with van der Waals surface area (Å²) in [6, 6.07) is 7.65. The smallest absolute Gasteiger partial charge is 0.246 e. The summed E-state index contributed by atoms with van der Waals surface area (Å²) in [5, 5.41) is 12.4. The van der Waals surface area contributed by atoms with Crippen molar-refractivity contribution in [3.05, 3.63) is 29.8 Å². The van der Waals surface area contributed by atoms with Crippen LogP contribution < -0.4 is 0 Å². The van der Waals surface area contributed by atoms with Crippen LogP contribution in [0.5, 0.6) is 0 Å². The standard InChI is InChI=1S/C20H29N5O3S/c1-5-15(4)25(18-10-11-29(27,28)13-18)19(26)12-24-22-20(21-23-24)17-8-6-16(7-9-17)14(2)3/h6-9,14-15,18H,5,10-13H2,1-4H3/t15-,18-/m1/s1. The zero-order valence-corrected chi connectivity index (χ0v) is 18.3. The molecule has 8 nitrogen and oxygen atoms in total. The maximum absolute atomic E-state index is 13.0. The molecule has 0 saturated carbocycles. The van der Waals surface area contributed by atoms with E-state index in [1.165, 1.54) is 10.4 Å². The summed E-state index contributed by atoms with van der Waals surface area (Å²) in [6.07, 6.45) is 1.23. The number of benzene rings is 1. The summed E-state index contributed by atoms with van der Waals surface area (Å²) in [5.74, 6) is 0.889. The van der Waals surface area contributed by atoms with Crippen molar-refractivity contribution in [1.82, 2.24) is 25.1 Å². The van der Waals surface area contributed by atoms with E-state index in [0.717, 1.165) is 12.0 Å². The number of amides is 1. The Morgan fingerprint density at radius 2 is 1.93 bits per heavy atom. The Hall–Kier alpha value is -2.29. The molecule has 2 heterocycles. The number of nitrogens with zero attached hydrogens (tertiary/aromatic N) is 5. The third kappa shape index (κ3) is 5.01. The van der Waals surface area contributed by atoms with E-state index in [4.69, 9.17) is 0 Å². The Morgan fingerprint density at radius 1 is 1.24 bits per heavy atom. The summed E-state index contributed by atoms with van der Waals surface area (Å²) in [7, 11) is -3.07. The fourth-order valence-electron chi connectivity index (χ4n) is 3.65. The molecule has 1 saturated heterocycles. The van der Waals surface area contributed by atoms with Gasteiger partial charge in [-0.05, 0) is 36.5 Å². The molecule has 2 atom stereocenters. The maximum atomic E-state index is 13.0. The van der Waals surface area contributed by atoms with Gasteiger partial charge in [0.2, 0.25) is 11.7 Å². The molecular formula is C20H29N5O3S. The number of carbonyl (C=O) groups is 1. The molecule has 1 aromatic heterocycles. The summed E-state index contributed by atoms with van der Waals surface area (Å²) in [6.45, 7) is 8.14. The van der Waals surface area contributed by atoms with Crippen molar-refractivity contribution >= 4 is 15.7 Å². The lowest BCUT2D eigenvalue weighted by atomic mass is 10.0. The predicted molar refractivity (Wildman–Crippen MR) is 111 cm³/mol. The van der Waals surface area contributed by atoms with Gasteiger partial charge in [-0.3, -0.25) is 4.79 Å². The van der Waals surface area contributed by atoms with Gasteiger partial charge in [-0.15, -0.1) is 10.2 Å². The maximum Gasteiger partial charge on any atom is 0.246 e. The first-order chi connectivity index (χ1) is 13.7. The molecule has 0 radical (unpaired) electrons. The van der Waals surface area contributed by atoms with Crippen LogP contribution in [0.4, 0.5) is 0 Å². The van der Waals surface area contributed by atoms with Gasteiger partial charge in [-0.1, -0.05) is 45.0 Å². The van der Waals surface area contributed by atoms with Gasteiger partial charge < -0.3 is 4.90 Å². The molecular weight excluding hydrogens is 390 g/mol. The second-order valence-electron chi connectivity index (χ2n) is 8.04. The van der Waals surface area contributed by atoms with Crippen molar-refractivity contribution in [3.63, 3.8) is 0 Å². The van der Waals surface area contributed by atoms with Crippen LogP contribution in [0.25, 0.3) is 11.4 Å². The lowest BCUT2D eigenvalue weighted by molar-refractivity contribution is -0.136. The zero-order chi connectivity index (χ0) is 21.2. The molecule has 1 aliphatic heterocycles. The van der Waals surface area contributed by atoms with Gasteiger partial charge in [0, 0.05) is 17.6 Å². The Bertz CT molecular complexity index is 953. The van der Waals surface area contributed by atoms with Crippen LogP contribution in [0.3, 0.4) is 0 Å². The highest BCUT2D eigenvalue weighted by atomic mass is 32.2. The number of hydrogen-bond acceptors (Lipinski definition) is 6. The van der Waals surface area contributed by atoms with E-state index in [1.807, 2.05) is 38.1 Å². The number of aromatic nitrogens is 4. The molecule has 9 heteroatoms. The topological polar surface area (TPSA) is 98.1 Å². The molecule has 1 amide bonds. The van der Waals surface area contributed by atoms with Crippen LogP contribution in [0.2, 0.25) is 0 Å². The minimum absolute atomic E-state index is 0.0291. The Balaban J connectivity index is 1.73. The van der Waals surface area contributed by atoms with Gasteiger partial charge >= 0.3 is 0 Å². The highest BCUT2D eigenvalue weighted by molar-refractivity contribution is 7.91. The van der Waals surface area contributed by atoms with Crippen LogP contribution in [-0.4, -0.2) is 63.0 Å². The number of tetrazole rings is 1. The Labute approximate surface area is 172 Å². The van der Waals surface area contributed by atoms with Crippen LogP contribution in [0.15, 0.2) is 24.3 Å². The fraction of sp³-hybridized carbons (Fsp3) is 0.600. The molecule has 0 unspecified atom stereocenters. The minimum Gasteiger partial charge on any atom is -0.334 e. The first-order valence-electron chi connectivity index (χ1n) is 10.1. The van der Waals surface area contributed by atoms with Gasteiger partial charge in [-0.25, -0.2) is 8.42 Å². The van der Waals surface area contributed by atoms with Crippen LogP contribution in [0, 0.1) is 0 Å². The molecule has 0 spiro atoms. The number of rotatable bonds is 7. The van der Waals surface area contributed by atoms with Crippen molar-refractivity contribution in [2.45, 2.75) is 65.1 Å². The zero-order valence-electron chi connectivity index (χ0n) is 17.4. The van der Waals surface area contributed by atoms with Gasteiger partial charge in [0.05, 0.1) is 11.5 Å². The van der Waals surface area contributed by atoms with Crippen LogP contribution >= 0.6 is 0 Å². The second-order valence-corrected chi connectivity index (χ2v) is 10.3.